The van der Waals surface area contributed by atoms with Crippen LogP contribution in [0.1, 0.15) is 18.4 Å². The minimum Gasteiger partial charge on any atom is -0.468 e. The Bertz CT molecular complexity index is 416. The van der Waals surface area contributed by atoms with Gasteiger partial charge in [0.2, 0.25) is 0 Å². The van der Waals surface area contributed by atoms with Gasteiger partial charge < -0.3 is 10.1 Å². The van der Waals surface area contributed by atoms with Crippen molar-refractivity contribution in [3.63, 3.8) is 0 Å². The monoisotopic (exact) mass is 237 g/mol. The Balaban J connectivity index is 2.16. The minimum absolute atomic E-state index is 0.0299. The molecular weight excluding hydrogens is 222 g/mol. The molecule has 6 heteroatoms. The Labute approximate surface area is 99.2 Å². The van der Waals surface area contributed by atoms with Gasteiger partial charge >= 0.3 is 5.69 Å². The molecule has 92 valence electrons. The van der Waals surface area contributed by atoms with Gasteiger partial charge in [0.1, 0.15) is 6.10 Å². The maximum Gasteiger partial charge on any atom is 0.331 e. The molecule has 1 N–H and O–H groups in total. The molecule has 0 spiro atoms. The largest absolute Gasteiger partial charge is 0.468 e. The third kappa shape index (κ3) is 2.91. The van der Waals surface area contributed by atoms with E-state index in [4.69, 9.17) is 4.74 Å². The van der Waals surface area contributed by atoms with Gasteiger partial charge in [-0.2, -0.15) is 0 Å². The highest BCUT2D eigenvalue weighted by molar-refractivity contribution is 5.42. The van der Waals surface area contributed by atoms with Crippen LogP contribution in [0.2, 0.25) is 0 Å². The van der Waals surface area contributed by atoms with Crippen molar-refractivity contribution >= 4 is 5.69 Å². The molecule has 1 aromatic rings. The lowest BCUT2D eigenvalue weighted by Crippen LogP contribution is -2.37. The fourth-order valence-electron chi connectivity index (χ4n) is 1.84. The number of piperidine rings is 1. The zero-order valence-electron chi connectivity index (χ0n) is 9.68. The van der Waals surface area contributed by atoms with Crippen LogP contribution in [0.3, 0.4) is 0 Å². The van der Waals surface area contributed by atoms with Crippen LogP contribution in [0, 0.1) is 17.0 Å². The summed E-state index contributed by atoms with van der Waals surface area (Å²) in [5.41, 5.74) is 0.696. The molecule has 0 amide bonds. The molecule has 1 aromatic heterocycles. The van der Waals surface area contributed by atoms with E-state index in [0.717, 1.165) is 24.9 Å². The molecule has 1 aliphatic rings. The molecule has 1 aliphatic heterocycles. The molecule has 0 saturated carbocycles. The summed E-state index contributed by atoms with van der Waals surface area (Å²) in [6.07, 6.45) is 3.47. The molecular formula is C11H15N3O3. The van der Waals surface area contributed by atoms with Gasteiger partial charge in [-0.05, 0) is 31.9 Å². The van der Waals surface area contributed by atoms with E-state index in [9.17, 15) is 10.1 Å². The summed E-state index contributed by atoms with van der Waals surface area (Å²) in [6, 6.07) is 1.48. The maximum atomic E-state index is 10.9. The van der Waals surface area contributed by atoms with Crippen LogP contribution < -0.4 is 10.1 Å². The molecule has 2 rings (SSSR count). The zero-order valence-corrected chi connectivity index (χ0v) is 9.68. The molecule has 0 radical (unpaired) electrons. The first-order chi connectivity index (χ1) is 8.16. The van der Waals surface area contributed by atoms with E-state index in [1.165, 1.54) is 6.07 Å². The van der Waals surface area contributed by atoms with Crippen LogP contribution >= 0.6 is 0 Å². The van der Waals surface area contributed by atoms with Crippen molar-refractivity contribution < 1.29 is 9.66 Å². The van der Waals surface area contributed by atoms with Crippen LogP contribution in [-0.2, 0) is 0 Å². The quantitative estimate of drug-likeness (QED) is 0.635. The van der Waals surface area contributed by atoms with Crippen LogP contribution in [-0.4, -0.2) is 29.1 Å². The number of ether oxygens (including phenoxy) is 1. The zero-order chi connectivity index (χ0) is 12.3. The normalized spacial score (nSPS) is 19.9. The molecule has 1 saturated heterocycles. The second-order valence-corrected chi connectivity index (χ2v) is 4.18. The number of hydrogen-bond acceptors (Lipinski definition) is 5. The number of aromatic nitrogens is 1. The average molecular weight is 237 g/mol. The summed E-state index contributed by atoms with van der Waals surface area (Å²) < 4.78 is 5.59. The van der Waals surface area contributed by atoms with Gasteiger partial charge in [0.05, 0.1) is 4.92 Å². The Kier molecular flexibility index (Phi) is 3.53. The smallest absolute Gasteiger partial charge is 0.331 e. The third-order valence-corrected chi connectivity index (χ3v) is 2.70. The van der Waals surface area contributed by atoms with Crippen molar-refractivity contribution in [2.45, 2.75) is 25.9 Å². The van der Waals surface area contributed by atoms with Gasteiger partial charge in [-0.15, -0.1) is 0 Å². The number of aryl methyl sites for hydroxylation is 1. The second-order valence-electron chi connectivity index (χ2n) is 4.18. The summed E-state index contributed by atoms with van der Waals surface area (Å²) in [7, 11) is 0. The first kappa shape index (κ1) is 11.8. The minimum atomic E-state index is -0.453. The van der Waals surface area contributed by atoms with E-state index in [-0.39, 0.29) is 17.7 Å². The van der Waals surface area contributed by atoms with Crippen LogP contribution in [0.15, 0.2) is 12.3 Å². The number of nitro groups is 1. The number of nitrogens with one attached hydrogen (secondary N) is 1. The van der Waals surface area contributed by atoms with E-state index in [1.807, 2.05) is 0 Å². The predicted molar refractivity (Wildman–Crippen MR) is 62.1 cm³/mol. The molecule has 17 heavy (non-hydrogen) atoms. The standard InChI is InChI=1S/C11H15N3O3/c1-8-5-10(14(15)16)11(13-6-8)17-9-3-2-4-12-7-9/h5-6,9,12H,2-4,7H2,1H3. The fourth-order valence-corrected chi connectivity index (χ4v) is 1.84. The Morgan fingerprint density at radius 2 is 2.47 bits per heavy atom. The number of nitrogens with zero attached hydrogens (tertiary/aromatic N) is 2. The van der Waals surface area contributed by atoms with Crippen LogP contribution in [0.4, 0.5) is 5.69 Å². The Morgan fingerprint density at radius 1 is 1.65 bits per heavy atom. The van der Waals surface area contributed by atoms with Crippen molar-refractivity contribution in [1.82, 2.24) is 10.3 Å². The average Bonchev–Trinajstić information content (AvgIpc) is 2.32. The molecule has 1 atom stereocenters. The van der Waals surface area contributed by atoms with Gasteiger partial charge in [-0.25, -0.2) is 4.98 Å². The van der Waals surface area contributed by atoms with Crippen LogP contribution in [0.5, 0.6) is 5.88 Å². The van der Waals surface area contributed by atoms with Crippen LogP contribution in [0.25, 0.3) is 0 Å². The maximum absolute atomic E-state index is 10.9. The van der Waals surface area contributed by atoms with Crippen molar-refractivity contribution in [3.8, 4) is 5.88 Å². The van der Waals surface area contributed by atoms with Gasteiger partial charge in [-0.3, -0.25) is 10.1 Å². The topological polar surface area (TPSA) is 77.3 Å². The molecule has 0 bridgehead atoms. The lowest BCUT2D eigenvalue weighted by Gasteiger charge is -2.23. The molecule has 1 fully saturated rings. The van der Waals surface area contributed by atoms with Gasteiger partial charge in [0.25, 0.3) is 5.88 Å². The van der Waals surface area contributed by atoms with Crippen molar-refractivity contribution in [2.75, 3.05) is 13.1 Å². The summed E-state index contributed by atoms with van der Waals surface area (Å²) in [5, 5.41) is 14.1. The highest BCUT2D eigenvalue weighted by Gasteiger charge is 2.22. The number of pyridine rings is 1. The molecule has 0 aliphatic carbocycles. The van der Waals surface area contributed by atoms with Crippen molar-refractivity contribution in [1.29, 1.82) is 0 Å². The lowest BCUT2D eigenvalue weighted by molar-refractivity contribution is -0.386. The van der Waals surface area contributed by atoms with Crippen molar-refractivity contribution in [3.05, 3.63) is 27.9 Å². The summed E-state index contributed by atoms with van der Waals surface area (Å²) >= 11 is 0. The third-order valence-electron chi connectivity index (χ3n) is 2.70. The fraction of sp³-hybridized carbons (Fsp3) is 0.545. The SMILES string of the molecule is Cc1cnc(OC2CCCNC2)c([N+](=O)[O-])c1. The first-order valence-electron chi connectivity index (χ1n) is 5.65. The van der Waals surface area contributed by atoms with Gasteiger partial charge in [0.15, 0.2) is 0 Å². The predicted octanol–water partition coefficient (Wildman–Crippen LogP) is 1.43. The highest BCUT2D eigenvalue weighted by atomic mass is 16.6. The Hall–Kier alpha value is -1.69. The van der Waals surface area contributed by atoms with E-state index in [2.05, 4.69) is 10.3 Å². The Morgan fingerprint density at radius 3 is 3.12 bits per heavy atom. The van der Waals surface area contributed by atoms with E-state index < -0.39 is 4.92 Å². The number of rotatable bonds is 3. The molecule has 1 unspecified atom stereocenters. The van der Waals surface area contributed by atoms with E-state index in [1.54, 1.807) is 13.1 Å². The highest BCUT2D eigenvalue weighted by Crippen LogP contribution is 2.26. The number of hydrogen-bond donors (Lipinski definition) is 1. The first-order valence-corrected chi connectivity index (χ1v) is 5.65. The van der Waals surface area contributed by atoms with E-state index >= 15 is 0 Å². The summed E-state index contributed by atoms with van der Waals surface area (Å²) in [6.45, 7) is 3.46. The molecule has 0 aromatic carbocycles. The van der Waals surface area contributed by atoms with Gasteiger partial charge in [-0.1, -0.05) is 0 Å². The van der Waals surface area contributed by atoms with E-state index in [0.29, 0.717) is 6.54 Å². The van der Waals surface area contributed by atoms with Crippen molar-refractivity contribution in [2.24, 2.45) is 0 Å². The summed E-state index contributed by atoms with van der Waals surface area (Å²) in [5.74, 6) is 0.120. The lowest BCUT2D eigenvalue weighted by atomic mass is 10.1. The van der Waals surface area contributed by atoms with Gasteiger partial charge in [0, 0.05) is 18.8 Å². The summed E-state index contributed by atoms with van der Waals surface area (Å²) in [4.78, 5) is 14.4. The molecule has 2 heterocycles. The second kappa shape index (κ2) is 5.09. The molecule has 6 nitrogen and oxygen atoms in total.